The van der Waals surface area contributed by atoms with Crippen LogP contribution in [0.2, 0.25) is 0 Å². The van der Waals surface area contributed by atoms with Crippen LogP contribution in [0.25, 0.3) is 22.3 Å². The lowest BCUT2D eigenvalue weighted by Crippen LogP contribution is -2.30. The van der Waals surface area contributed by atoms with Crippen molar-refractivity contribution >= 4 is 46.1 Å². The number of allylic oxidation sites excluding steroid dienone is 9. The van der Waals surface area contributed by atoms with Crippen molar-refractivity contribution in [1.29, 1.82) is 0 Å². The maximum Gasteiger partial charge on any atom is 0.215 e. The van der Waals surface area contributed by atoms with Gasteiger partial charge in [-0.15, -0.1) is 0 Å². The van der Waals surface area contributed by atoms with Gasteiger partial charge >= 0.3 is 0 Å². The molecule has 54 heavy (non-hydrogen) atoms. The average Bonchev–Trinajstić information content (AvgIpc) is 3.99. The number of H-pyrrole nitrogens is 2. The summed E-state index contributed by atoms with van der Waals surface area (Å²) in [5, 5.41) is 2.04. The molecule has 2 aromatic carbocycles. The Morgan fingerprint density at radius 1 is 0.759 bits per heavy atom. The molecule has 9 rings (SSSR count). The van der Waals surface area contributed by atoms with Crippen LogP contribution in [0.3, 0.4) is 0 Å². The summed E-state index contributed by atoms with van der Waals surface area (Å²) in [7, 11) is 0. The Kier molecular flexibility index (Phi) is 8.20. The van der Waals surface area contributed by atoms with E-state index in [1.165, 1.54) is 16.7 Å². The van der Waals surface area contributed by atoms with E-state index in [4.69, 9.17) is 34.6 Å². The number of fused-ring (bicyclic) bond motifs is 7. The van der Waals surface area contributed by atoms with E-state index in [0.29, 0.717) is 0 Å². The lowest BCUT2D eigenvalue weighted by atomic mass is 9.87. The Morgan fingerprint density at radius 2 is 1.54 bits per heavy atom. The molecule has 8 nitrogen and oxygen atoms in total. The summed E-state index contributed by atoms with van der Waals surface area (Å²) in [6, 6.07) is 22.9. The summed E-state index contributed by atoms with van der Waals surface area (Å²) in [6.07, 6.45) is 19.5. The molecule has 5 aliphatic rings. The van der Waals surface area contributed by atoms with E-state index in [1.807, 2.05) is 30.3 Å². The van der Waals surface area contributed by atoms with E-state index >= 15 is 0 Å². The quantitative estimate of drug-likeness (QED) is 0.114. The van der Waals surface area contributed by atoms with Crippen molar-refractivity contribution in [2.24, 2.45) is 16.5 Å². The first kappa shape index (κ1) is 33.5. The Morgan fingerprint density at radius 3 is 2.28 bits per heavy atom. The van der Waals surface area contributed by atoms with Gasteiger partial charge in [0.1, 0.15) is 6.72 Å². The highest BCUT2D eigenvalue weighted by Crippen LogP contribution is 2.40. The molecular formula is C46H45N8+. The molecule has 0 fully saturated rings. The van der Waals surface area contributed by atoms with Crippen LogP contribution < -0.4 is 33.6 Å². The third kappa shape index (κ3) is 5.85. The molecule has 0 amide bonds. The Balaban J connectivity index is 1.38. The van der Waals surface area contributed by atoms with E-state index < -0.39 is 0 Å². The van der Waals surface area contributed by atoms with Gasteiger partial charge in [0.15, 0.2) is 0 Å². The highest BCUT2D eigenvalue weighted by Gasteiger charge is 2.37. The number of anilines is 2. The molecule has 8 bridgehead atoms. The fourth-order valence-electron chi connectivity index (χ4n) is 8.48. The second-order valence-corrected chi connectivity index (χ2v) is 14.9. The third-order valence-corrected chi connectivity index (χ3v) is 11.3. The molecule has 4 aromatic rings. The van der Waals surface area contributed by atoms with Gasteiger partial charge in [0.25, 0.3) is 0 Å². The van der Waals surface area contributed by atoms with Gasteiger partial charge in [0.2, 0.25) is 11.7 Å². The molecular weight excluding hydrogens is 665 g/mol. The highest BCUT2D eigenvalue weighted by molar-refractivity contribution is 6.32. The molecule has 3 aliphatic heterocycles. The van der Waals surface area contributed by atoms with Crippen molar-refractivity contribution in [2.75, 3.05) is 11.5 Å². The number of nitrogen functional groups attached to an aromatic ring is 2. The fraction of sp³-hybridized carbons (Fsp3) is 0.174. The summed E-state index contributed by atoms with van der Waals surface area (Å²) in [6.45, 7) is 6.86. The van der Waals surface area contributed by atoms with Crippen molar-refractivity contribution in [2.45, 2.75) is 51.1 Å². The minimum atomic E-state index is -0.137. The van der Waals surface area contributed by atoms with Gasteiger partial charge in [-0.25, -0.2) is 4.99 Å². The van der Waals surface area contributed by atoms with Crippen molar-refractivity contribution in [3.63, 3.8) is 0 Å². The van der Waals surface area contributed by atoms with Gasteiger partial charge in [-0.05, 0) is 140 Å². The number of nitrogens with two attached hydrogens (primary N) is 4. The minimum Gasteiger partial charge on any atom is -0.402 e. The third-order valence-electron chi connectivity index (χ3n) is 11.3. The Hall–Kier alpha value is -6.38. The Bertz CT molecular complexity index is 2640. The second kappa shape index (κ2) is 13.2. The SMILES string of the molecule is C=[N+]1C2=C(c3ccc(N)cc3C)C3=NC(=C(C4=CC=C(N)CC4)c4ccc([nH]4)C(c4ccc(N)cc4)=c4ccc([nH]4)=C(C4=CCC(N)CC4)C1C=C2)C=C3. The first-order valence-corrected chi connectivity index (χ1v) is 18.7. The zero-order valence-electron chi connectivity index (χ0n) is 30.5. The number of benzene rings is 2. The van der Waals surface area contributed by atoms with Gasteiger partial charge in [-0.1, -0.05) is 30.4 Å². The van der Waals surface area contributed by atoms with Gasteiger partial charge in [0, 0.05) is 62.4 Å². The standard InChI is InChI=1S/C46H45N8/c1-26-25-33(50)15-16-34(26)46-40-22-20-38(53-40)44(28-5-11-31(48)12-6-28)36-18-17-35(51-36)43(27-3-9-30(47)10-4-27)37-19-21-39(52-37)45(29-7-13-32(49)14-8-29)41-23-24-42(46)54(41)2/h3-5,7,9-11,15-25,32,41,51-52H,2,6,8,12-14,47-50H2,1H3/q+1. The summed E-state index contributed by atoms with van der Waals surface area (Å²) in [5.41, 5.74) is 42.2. The molecule has 0 saturated heterocycles. The van der Waals surface area contributed by atoms with E-state index in [0.717, 1.165) is 122 Å². The van der Waals surface area contributed by atoms with E-state index in [9.17, 15) is 0 Å². The van der Waals surface area contributed by atoms with Crippen LogP contribution in [0.4, 0.5) is 11.4 Å². The lowest BCUT2D eigenvalue weighted by Gasteiger charge is -2.22. The van der Waals surface area contributed by atoms with Gasteiger partial charge < -0.3 is 32.9 Å². The predicted octanol–water partition coefficient (Wildman–Crippen LogP) is 6.01. The maximum absolute atomic E-state index is 6.42. The molecule has 5 heterocycles. The number of aliphatic imine (C=N–C) groups is 1. The van der Waals surface area contributed by atoms with Crippen LogP contribution in [0.5, 0.6) is 0 Å². The molecule has 268 valence electrons. The molecule has 2 unspecified atom stereocenters. The molecule has 2 atom stereocenters. The monoisotopic (exact) mass is 709 g/mol. The van der Waals surface area contributed by atoms with Crippen LogP contribution in [-0.4, -0.2) is 39.1 Å². The van der Waals surface area contributed by atoms with E-state index in [-0.39, 0.29) is 12.1 Å². The van der Waals surface area contributed by atoms with E-state index in [1.54, 1.807) is 0 Å². The molecule has 8 heteroatoms. The van der Waals surface area contributed by atoms with Crippen LogP contribution >= 0.6 is 0 Å². The zero-order chi connectivity index (χ0) is 37.1. The smallest absolute Gasteiger partial charge is 0.215 e. The number of aromatic nitrogens is 2. The molecule has 10 N–H and O–H groups in total. The molecule has 0 radical (unpaired) electrons. The van der Waals surface area contributed by atoms with Crippen LogP contribution in [0.1, 0.15) is 60.2 Å². The van der Waals surface area contributed by atoms with Gasteiger partial charge in [-0.3, -0.25) is 0 Å². The molecule has 0 saturated carbocycles. The van der Waals surface area contributed by atoms with Crippen LogP contribution in [0.15, 0.2) is 142 Å². The first-order chi connectivity index (χ1) is 26.2. The summed E-state index contributed by atoms with van der Waals surface area (Å²) in [5.74, 6) is 0. The van der Waals surface area contributed by atoms with Crippen LogP contribution in [0, 0.1) is 6.92 Å². The molecule has 0 spiro atoms. The number of nitrogens with zero attached hydrogens (tertiary/aromatic N) is 2. The number of rotatable bonds is 4. The topological polar surface area (TPSA) is 151 Å². The number of hydrogen-bond donors (Lipinski definition) is 6. The van der Waals surface area contributed by atoms with E-state index in [2.05, 4.69) is 100 Å². The van der Waals surface area contributed by atoms with Crippen molar-refractivity contribution in [3.05, 3.63) is 176 Å². The number of aryl methyl sites for hydroxylation is 1. The highest BCUT2D eigenvalue weighted by atomic mass is 15.1. The summed E-state index contributed by atoms with van der Waals surface area (Å²) < 4.78 is 2.15. The number of hydrogen-bond acceptors (Lipinski definition) is 5. The maximum atomic E-state index is 6.42. The molecule has 2 aliphatic carbocycles. The first-order valence-electron chi connectivity index (χ1n) is 18.7. The average molecular weight is 710 g/mol. The van der Waals surface area contributed by atoms with Crippen LogP contribution in [-0.2, 0) is 0 Å². The Labute approximate surface area is 315 Å². The largest absolute Gasteiger partial charge is 0.402 e. The van der Waals surface area contributed by atoms with Gasteiger partial charge in [0.05, 0.1) is 22.6 Å². The van der Waals surface area contributed by atoms with Crippen molar-refractivity contribution < 1.29 is 4.58 Å². The number of aromatic amines is 2. The fourth-order valence-corrected chi connectivity index (χ4v) is 8.48. The summed E-state index contributed by atoms with van der Waals surface area (Å²) in [4.78, 5) is 13.2. The van der Waals surface area contributed by atoms with Crippen molar-refractivity contribution in [1.82, 2.24) is 9.97 Å². The second-order valence-electron chi connectivity index (χ2n) is 14.9. The predicted molar refractivity (Wildman–Crippen MR) is 223 cm³/mol. The zero-order valence-corrected chi connectivity index (χ0v) is 30.5. The molecule has 2 aromatic heterocycles. The number of nitrogens with one attached hydrogen (secondary N) is 2. The van der Waals surface area contributed by atoms with Gasteiger partial charge in [-0.2, -0.15) is 4.58 Å². The summed E-state index contributed by atoms with van der Waals surface area (Å²) >= 11 is 0. The minimum absolute atomic E-state index is 0.137. The lowest BCUT2D eigenvalue weighted by molar-refractivity contribution is -0.468. The normalized spacial score (nSPS) is 21.1. The van der Waals surface area contributed by atoms with Crippen molar-refractivity contribution in [3.8, 4) is 0 Å².